The first kappa shape index (κ1) is 16.8. The number of H-pyrrole nitrogens is 1. The van der Waals surface area contributed by atoms with Gasteiger partial charge >= 0.3 is 0 Å². The summed E-state index contributed by atoms with van der Waals surface area (Å²) < 4.78 is 0.684. The van der Waals surface area contributed by atoms with E-state index in [1.54, 1.807) is 12.1 Å². The van der Waals surface area contributed by atoms with Crippen LogP contribution in [0.5, 0.6) is 5.75 Å². The van der Waals surface area contributed by atoms with Crippen molar-refractivity contribution in [2.75, 3.05) is 13.6 Å². The highest BCUT2D eigenvalue weighted by Gasteiger charge is 2.15. The quantitative estimate of drug-likeness (QED) is 0.502. The van der Waals surface area contributed by atoms with Gasteiger partial charge in [-0.05, 0) is 47.7 Å². The molecule has 2 aromatic heterocycles. The van der Waals surface area contributed by atoms with Gasteiger partial charge in [0.05, 0.1) is 0 Å². The highest BCUT2D eigenvalue weighted by molar-refractivity contribution is 7.17. The zero-order chi connectivity index (χ0) is 18.3. The Morgan fingerprint density at radius 2 is 1.92 bits per heavy atom. The number of benzene rings is 2. The Kier molecular flexibility index (Phi) is 4.26. The van der Waals surface area contributed by atoms with E-state index in [0.717, 1.165) is 34.0 Å². The van der Waals surface area contributed by atoms with Crippen LogP contribution in [0.2, 0.25) is 0 Å². The van der Waals surface area contributed by atoms with Gasteiger partial charge in [-0.25, -0.2) is 0 Å². The van der Waals surface area contributed by atoms with Gasteiger partial charge in [0.2, 0.25) is 0 Å². The van der Waals surface area contributed by atoms with Gasteiger partial charge in [0.1, 0.15) is 10.4 Å². The zero-order valence-corrected chi connectivity index (χ0v) is 15.5. The predicted octanol–water partition coefficient (Wildman–Crippen LogP) is 4.44. The molecule has 0 aliphatic rings. The fourth-order valence-electron chi connectivity index (χ4n) is 3.53. The third-order valence-electron chi connectivity index (χ3n) is 4.85. The second-order valence-corrected chi connectivity index (χ2v) is 7.50. The number of phenols is 1. The Labute approximate surface area is 155 Å². The normalized spacial score (nSPS) is 12.7. The van der Waals surface area contributed by atoms with Crippen molar-refractivity contribution in [3.63, 3.8) is 0 Å². The second-order valence-electron chi connectivity index (χ2n) is 6.58. The molecule has 4 rings (SSSR count). The smallest absolute Gasteiger partial charge is 0.266 e. The average Bonchev–Trinajstić information content (AvgIpc) is 3.13. The van der Waals surface area contributed by atoms with Gasteiger partial charge in [-0.3, -0.25) is 4.79 Å². The Bertz CT molecular complexity index is 1140. The molecule has 26 heavy (non-hydrogen) atoms. The van der Waals surface area contributed by atoms with E-state index in [-0.39, 0.29) is 11.3 Å². The fourth-order valence-corrected chi connectivity index (χ4v) is 4.33. The second kappa shape index (κ2) is 6.59. The minimum absolute atomic E-state index is 0.0876. The number of nitrogens with one attached hydrogen (secondary N) is 2. The van der Waals surface area contributed by atoms with Crippen molar-refractivity contribution in [2.45, 2.75) is 12.8 Å². The number of thiophene rings is 1. The van der Waals surface area contributed by atoms with Crippen molar-refractivity contribution in [3.05, 3.63) is 63.8 Å². The molecule has 4 aromatic rings. The Balaban J connectivity index is 1.95. The van der Waals surface area contributed by atoms with Crippen LogP contribution in [0.3, 0.4) is 0 Å². The first-order chi connectivity index (χ1) is 12.6. The highest BCUT2D eigenvalue weighted by atomic mass is 32.1. The molecule has 1 unspecified atom stereocenters. The number of likely N-dealkylation sites (N-methyl/N-ethyl adjacent to an activating group) is 1. The molecule has 0 saturated carbocycles. The summed E-state index contributed by atoms with van der Waals surface area (Å²) in [5, 5.41) is 17.5. The molecule has 0 saturated heterocycles. The van der Waals surface area contributed by atoms with Gasteiger partial charge in [0.15, 0.2) is 0 Å². The third kappa shape index (κ3) is 2.69. The average molecular weight is 364 g/mol. The highest BCUT2D eigenvalue weighted by Crippen LogP contribution is 2.39. The first-order valence-electron chi connectivity index (χ1n) is 8.60. The largest absolute Gasteiger partial charge is 0.507 e. The van der Waals surface area contributed by atoms with E-state index in [4.69, 9.17) is 0 Å². The van der Waals surface area contributed by atoms with E-state index in [1.165, 1.54) is 16.9 Å². The molecule has 0 bridgehead atoms. The molecule has 3 N–H and O–H groups in total. The molecule has 132 valence electrons. The minimum atomic E-state index is -0.0876. The van der Waals surface area contributed by atoms with Gasteiger partial charge in [-0.1, -0.05) is 31.2 Å². The maximum Gasteiger partial charge on any atom is 0.266 e. The van der Waals surface area contributed by atoms with Crippen LogP contribution in [0, 0.1) is 0 Å². The summed E-state index contributed by atoms with van der Waals surface area (Å²) in [5.74, 6) is 0.628. The number of fused-ring (bicyclic) bond motifs is 3. The van der Waals surface area contributed by atoms with E-state index >= 15 is 0 Å². The first-order valence-corrected chi connectivity index (χ1v) is 9.48. The zero-order valence-electron chi connectivity index (χ0n) is 14.7. The van der Waals surface area contributed by atoms with Crippen LogP contribution in [-0.2, 0) is 0 Å². The number of rotatable bonds is 4. The number of phenolic OH excluding ortho intramolecular Hbond substituents is 1. The molecular weight excluding hydrogens is 344 g/mol. The number of pyridine rings is 1. The molecule has 1 atom stereocenters. The molecule has 0 radical (unpaired) electrons. The number of hydrogen-bond acceptors (Lipinski definition) is 4. The van der Waals surface area contributed by atoms with Crippen molar-refractivity contribution >= 4 is 32.3 Å². The molecule has 4 nitrogen and oxygen atoms in total. The lowest BCUT2D eigenvalue weighted by Crippen LogP contribution is -2.14. The van der Waals surface area contributed by atoms with Crippen LogP contribution in [0.15, 0.2) is 52.6 Å². The molecule has 0 aliphatic carbocycles. The van der Waals surface area contributed by atoms with Crippen LogP contribution < -0.4 is 10.9 Å². The lowest BCUT2D eigenvalue weighted by atomic mass is 9.94. The Hall–Kier alpha value is -2.63. The van der Waals surface area contributed by atoms with Crippen LogP contribution in [0.1, 0.15) is 18.4 Å². The molecule has 0 aliphatic heterocycles. The minimum Gasteiger partial charge on any atom is -0.507 e. The van der Waals surface area contributed by atoms with Gasteiger partial charge in [0.25, 0.3) is 5.56 Å². The summed E-state index contributed by atoms with van der Waals surface area (Å²) in [5.41, 5.74) is 3.59. The molecule has 0 spiro atoms. The summed E-state index contributed by atoms with van der Waals surface area (Å²) in [6, 6.07) is 13.6. The fraction of sp³-hybridized carbons (Fsp3) is 0.190. The summed E-state index contributed by atoms with van der Waals surface area (Å²) in [6.07, 6.45) is 0. The van der Waals surface area contributed by atoms with Gasteiger partial charge < -0.3 is 15.4 Å². The number of aromatic hydroxyl groups is 1. The molecule has 5 heteroatoms. The SMILES string of the molecule is CNCC(C)c1ccc(-c2c(O)ccc3[nH]c(=O)c4sccc4c23)cc1. The summed E-state index contributed by atoms with van der Waals surface area (Å²) in [7, 11) is 1.95. The van der Waals surface area contributed by atoms with E-state index in [1.807, 2.05) is 30.6 Å². The van der Waals surface area contributed by atoms with Crippen molar-refractivity contribution in [3.8, 4) is 16.9 Å². The number of hydrogen-bond donors (Lipinski definition) is 3. The predicted molar refractivity (Wildman–Crippen MR) is 109 cm³/mol. The third-order valence-corrected chi connectivity index (χ3v) is 5.76. The van der Waals surface area contributed by atoms with Crippen molar-refractivity contribution < 1.29 is 5.11 Å². The Morgan fingerprint density at radius 3 is 2.65 bits per heavy atom. The molecule has 0 amide bonds. The summed E-state index contributed by atoms with van der Waals surface area (Å²) in [6.45, 7) is 3.09. The van der Waals surface area contributed by atoms with Gasteiger partial charge in [0, 0.05) is 28.4 Å². The lowest BCUT2D eigenvalue weighted by molar-refractivity contribution is 0.478. The number of aromatic nitrogens is 1. The van der Waals surface area contributed by atoms with Crippen molar-refractivity contribution in [1.29, 1.82) is 0 Å². The lowest BCUT2D eigenvalue weighted by Gasteiger charge is -2.14. The van der Waals surface area contributed by atoms with Crippen LogP contribution in [0.4, 0.5) is 0 Å². The van der Waals surface area contributed by atoms with Crippen molar-refractivity contribution in [2.24, 2.45) is 0 Å². The topological polar surface area (TPSA) is 65.1 Å². The van der Waals surface area contributed by atoms with Gasteiger partial charge in [-0.2, -0.15) is 0 Å². The number of aromatic amines is 1. The van der Waals surface area contributed by atoms with Crippen LogP contribution >= 0.6 is 11.3 Å². The van der Waals surface area contributed by atoms with Gasteiger partial charge in [-0.15, -0.1) is 11.3 Å². The molecule has 2 aromatic carbocycles. The van der Waals surface area contributed by atoms with Crippen molar-refractivity contribution in [1.82, 2.24) is 10.3 Å². The molecule has 2 heterocycles. The molecular formula is C21H20N2O2S. The van der Waals surface area contributed by atoms with E-state index in [0.29, 0.717) is 10.6 Å². The van der Waals surface area contributed by atoms with E-state index < -0.39 is 0 Å². The van der Waals surface area contributed by atoms with E-state index in [9.17, 15) is 9.90 Å². The van der Waals surface area contributed by atoms with Crippen LogP contribution in [-0.4, -0.2) is 23.7 Å². The molecule has 0 fully saturated rings. The summed E-state index contributed by atoms with van der Waals surface area (Å²) in [4.78, 5) is 15.2. The maximum atomic E-state index is 12.3. The van der Waals surface area contributed by atoms with Crippen LogP contribution in [0.25, 0.3) is 32.1 Å². The summed E-state index contributed by atoms with van der Waals surface area (Å²) >= 11 is 1.42. The monoisotopic (exact) mass is 364 g/mol. The van der Waals surface area contributed by atoms with E-state index in [2.05, 4.69) is 29.4 Å². The Morgan fingerprint density at radius 1 is 1.15 bits per heavy atom. The maximum absolute atomic E-state index is 12.3. The standard InChI is InChI=1S/C21H20N2O2S/c1-12(11-22-2)13-3-5-14(6-4-13)18-17(24)8-7-16-19(18)15-9-10-26-20(15)21(25)23-16/h3-10,12,22,24H,11H2,1-2H3,(H,23,25).